The van der Waals surface area contributed by atoms with Gasteiger partial charge in [-0.1, -0.05) is 0 Å². The Morgan fingerprint density at radius 1 is 1.29 bits per heavy atom. The van der Waals surface area contributed by atoms with Gasteiger partial charge >= 0.3 is 0 Å². The zero-order valence-corrected chi connectivity index (χ0v) is 10.7. The highest BCUT2D eigenvalue weighted by Gasteiger charge is 2.26. The summed E-state index contributed by atoms with van der Waals surface area (Å²) in [5.41, 5.74) is 0.995. The Hall–Kier alpha value is -1.38. The van der Waals surface area contributed by atoms with Crippen molar-refractivity contribution in [1.29, 1.82) is 5.26 Å². The van der Waals surface area contributed by atoms with Gasteiger partial charge in [0.15, 0.2) is 0 Å². The average Bonchev–Trinajstić information content (AvgIpc) is 2.65. The lowest BCUT2D eigenvalue weighted by atomic mass is 10.1. The number of aromatic nitrogens is 2. The number of hydrogen-bond donors (Lipinski definition) is 0. The lowest BCUT2D eigenvalue weighted by Crippen LogP contribution is -2.46. The molecule has 1 saturated heterocycles. The summed E-state index contributed by atoms with van der Waals surface area (Å²) in [7, 11) is 4.09. The Morgan fingerprint density at radius 3 is 2.41 bits per heavy atom. The highest BCUT2D eigenvalue weighted by atomic mass is 15.3. The van der Waals surface area contributed by atoms with Crippen LogP contribution in [0, 0.1) is 18.3 Å². The average molecular weight is 233 g/mol. The summed E-state index contributed by atoms with van der Waals surface area (Å²) in [6.07, 6.45) is 1.82. The third-order valence-corrected chi connectivity index (χ3v) is 3.56. The van der Waals surface area contributed by atoms with Gasteiger partial charge in [0.25, 0.3) is 0 Å². The number of nitrogens with zero attached hydrogens (tertiary/aromatic N) is 5. The topological polar surface area (TPSA) is 48.1 Å². The minimum atomic E-state index is -0.171. The van der Waals surface area contributed by atoms with Crippen molar-refractivity contribution in [3.05, 3.63) is 17.7 Å². The van der Waals surface area contributed by atoms with Crippen LogP contribution in [0.3, 0.4) is 0 Å². The fourth-order valence-corrected chi connectivity index (χ4v) is 2.19. The van der Waals surface area contributed by atoms with Crippen molar-refractivity contribution in [2.75, 3.05) is 33.2 Å². The molecule has 0 radical (unpaired) electrons. The highest BCUT2D eigenvalue weighted by molar-refractivity contribution is 5.16. The van der Waals surface area contributed by atoms with Crippen LogP contribution in [0.1, 0.15) is 17.6 Å². The highest BCUT2D eigenvalue weighted by Crippen LogP contribution is 2.21. The summed E-state index contributed by atoms with van der Waals surface area (Å²) in [6.45, 7) is 5.89. The summed E-state index contributed by atoms with van der Waals surface area (Å²) in [5.74, 6) is 0.953. The SMILES string of the molecule is Cc1ncc(C(C#N)N2CCN(C)CC2)n1C. The molecule has 0 spiro atoms. The maximum Gasteiger partial charge on any atom is 0.140 e. The van der Waals surface area contributed by atoms with Crippen LogP contribution in [0.5, 0.6) is 0 Å². The predicted molar refractivity (Wildman–Crippen MR) is 65.4 cm³/mol. The summed E-state index contributed by atoms with van der Waals surface area (Å²) in [5, 5.41) is 9.38. The van der Waals surface area contributed by atoms with Gasteiger partial charge in [0.2, 0.25) is 0 Å². The van der Waals surface area contributed by atoms with Crippen LogP contribution >= 0.6 is 0 Å². The molecule has 1 fully saturated rings. The van der Waals surface area contributed by atoms with E-state index in [9.17, 15) is 5.26 Å². The summed E-state index contributed by atoms with van der Waals surface area (Å²) in [4.78, 5) is 8.79. The molecule has 1 aliphatic heterocycles. The summed E-state index contributed by atoms with van der Waals surface area (Å²) in [6, 6.07) is 2.23. The molecule has 1 aliphatic rings. The minimum Gasteiger partial charge on any atom is -0.333 e. The van der Waals surface area contributed by atoms with Crippen molar-refractivity contribution >= 4 is 0 Å². The molecule has 0 bridgehead atoms. The molecule has 2 heterocycles. The van der Waals surface area contributed by atoms with Gasteiger partial charge in [-0.2, -0.15) is 5.26 Å². The molecule has 5 heteroatoms. The van der Waals surface area contributed by atoms with Crippen molar-refractivity contribution < 1.29 is 0 Å². The normalized spacial score (nSPS) is 20.1. The Morgan fingerprint density at radius 2 is 1.94 bits per heavy atom. The fraction of sp³-hybridized carbons (Fsp3) is 0.667. The van der Waals surface area contributed by atoms with Gasteiger partial charge in [-0.25, -0.2) is 4.98 Å². The van der Waals surface area contributed by atoms with Crippen LogP contribution < -0.4 is 0 Å². The van der Waals surface area contributed by atoms with Gasteiger partial charge in [0.05, 0.1) is 18.0 Å². The second-order valence-corrected chi connectivity index (χ2v) is 4.66. The van der Waals surface area contributed by atoms with E-state index in [1.807, 2.05) is 24.7 Å². The van der Waals surface area contributed by atoms with Gasteiger partial charge in [0, 0.05) is 33.2 Å². The summed E-state index contributed by atoms with van der Waals surface area (Å²) < 4.78 is 2.01. The molecule has 0 aromatic carbocycles. The second-order valence-electron chi connectivity index (χ2n) is 4.66. The lowest BCUT2D eigenvalue weighted by Gasteiger charge is -2.35. The Kier molecular flexibility index (Phi) is 3.46. The standard InChI is InChI=1S/C12H19N5/c1-10-14-9-12(16(10)3)11(8-13)17-6-4-15(2)5-7-17/h9,11H,4-7H2,1-3H3. The van der Waals surface area contributed by atoms with Crippen molar-refractivity contribution in [2.45, 2.75) is 13.0 Å². The van der Waals surface area contributed by atoms with E-state index in [1.165, 1.54) is 0 Å². The second kappa shape index (κ2) is 4.86. The molecule has 0 N–H and O–H groups in total. The number of nitriles is 1. The van der Waals surface area contributed by atoms with Crippen LogP contribution in [0.2, 0.25) is 0 Å². The molecule has 1 aromatic heterocycles. The molecule has 1 unspecified atom stereocenters. The van der Waals surface area contributed by atoms with Crippen molar-refractivity contribution in [2.24, 2.45) is 7.05 Å². The zero-order chi connectivity index (χ0) is 12.4. The molecule has 0 saturated carbocycles. The van der Waals surface area contributed by atoms with Gasteiger partial charge in [0.1, 0.15) is 11.9 Å². The smallest absolute Gasteiger partial charge is 0.140 e. The van der Waals surface area contributed by atoms with Crippen molar-refractivity contribution in [1.82, 2.24) is 19.4 Å². The Bertz CT molecular complexity index is 423. The van der Waals surface area contributed by atoms with E-state index >= 15 is 0 Å². The molecule has 92 valence electrons. The van der Waals surface area contributed by atoms with Gasteiger partial charge in [-0.05, 0) is 14.0 Å². The van der Waals surface area contributed by atoms with E-state index in [4.69, 9.17) is 0 Å². The molecule has 5 nitrogen and oxygen atoms in total. The quantitative estimate of drug-likeness (QED) is 0.748. The minimum absolute atomic E-state index is 0.171. The van der Waals surface area contributed by atoms with E-state index in [2.05, 4.69) is 27.9 Å². The zero-order valence-electron chi connectivity index (χ0n) is 10.7. The molecular weight excluding hydrogens is 214 g/mol. The van der Waals surface area contributed by atoms with Crippen LogP contribution in [-0.4, -0.2) is 52.6 Å². The maximum absolute atomic E-state index is 9.38. The van der Waals surface area contributed by atoms with E-state index in [0.29, 0.717) is 0 Å². The third kappa shape index (κ3) is 2.33. The fourth-order valence-electron chi connectivity index (χ4n) is 2.19. The number of piperazine rings is 1. The molecule has 1 aromatic rings. The van der Waals surface area contributed by atoms with E-state index in [-0.39, 0.29) is 6.04 Å². The lowest BCUT2D eigenvalue weighted by molar-refractivity contribution is 0.130. The molecule has 0 amide bonds. The van der Waals surface area contributed by atoms with Crippen LogP contribution in [-0.2, 0) is 7.05 Å². The predicted octanol–water partition coefficient (Wildman–Crippen LogP) is 0.541. The van der Waals surface area contributed by atoms with Crippen molar-refractivity contribution in [3.63, 3.8) is 0 Å². The van der Waals surface area contributed by atoms with Crippen LogP contribution in [0.25, 0.3) is 0 Å². The number of imidazole rings is 1. The largest absolute Gasteiger partial charge is 0.333 e. The van der Waals surface area contributed by atoms with Gasteiger partial charge in [-0.3, -0.25) is 4.90 Å². The molecule has 0 aliphatic carbocycles. The van der Waals surface area contributed by atoms with Gasteiger partial charge < -0.3 is 9.47 Å². The number of aryl methyl sites for hydroxylation is 1. The van der Waals surface area contributed by atoms with E-state index < -0.39 is 0 Å². The first-order valence-corrected chi connectivity index (χ1v) is 5.94. The molecule has 17 heavy (non-hydrogen) atoms. The molecule has 2 rings (SSSR count). The maximum atomic E-state index is 9.38. The Balaban J connectivity index is 2.17. The molecule has 1 atom stereocenters. The third-order valence-electron chi connectivity index (χ3n) is 3.56. The first-order chi connectivity index (χ1) is 8.13. The first-order valence-electron chi connectivity index (χ1n) is 5.94. The number of hydrogen-bond acceptors (Lipinski definition) is 4. The number of rotatable bonds is 2. The van der Waals surface area contributed by atoms with Gasteiger partial charge in [-0.15, -0.1) is 0 Å². The summed E-state index contributed by atoms with van der Waals surface area (Å²) >= 11 is 0. The monoisotopic (exact) mass is 233 g/mol. The number of likely N-dealkylation sites (N-methyl/N-ethyl adjacent to an activating group) is 1. The van der Waals surface area contributed by atoms with E-state index in [1.54, 1.807) is 0 Å². The van der Waals surface area contributed by atoms with Crippen molar-refractivity contribution in [3.8, 4) is 6.07 Å². The van der Waals surface area contributed by atoms with Crippen LogP contribution in [0.4, 0.5) is 0 Å². The van der Waals surface area contributed by atoms with E-state index in [0.717, 1.165) is 37.7 Å². The molecular formula is C12H19N5. The first kappa shape index (κ1) is 12.1. The van der Waals surface area contributed by atoms with Crippen LogP contribution in [0.15, 0.2) is 6.20 Å². The Labute approximate surface area is 102 Å².